The minimum atomic E-state index is -3.75. The van der Waals surface area contributed by atoms with Gasteiger partial charge in [0.2, 0.25) is 0 Å². The third-order valence-corrected chi connectivity index (χ3v) is 6.58. The number of sulfone groups is 1. The van der Waals surface area contributed by atoms with Crippen LogP contribution in [0.1, 0.15) is 10.4 Å². The van der Waals surface area contributed by atoms with Crippen molar-refractivity contribution in [2.24, 2.45) is 12.0 Å². The largest absolute Gasteiger partial charge is 0.465 e. The molecule has 3 aromatic rings. The number of carbonyl (C=O) groups is 2. The van der Waals surface area contributed by atoms with Gasteiger partial charge < -0.3 is 9.30 Å². The van der Waals surface area contributed by atoms with Gasteiger partial charge in [-0.25, -0.2) is 13.2 Å². The summed E-state index contributed by atoms with van der Waals surface area (Å²) in [5.41, 5.74) is 1.15. The molecule has 0 N–H and O–H groups in total. The lowest BCUT2D eigenvalue weighted by Crippen LogP contribution is -2.19. The fraction of sp³-hybridized carbons (Fsp3) is 0.167. The highest BCUT2D eigenvalue weighted by atomic mass is 32.2. The van der Waals surface area contributed by atoms with Crippen molar-refractivity contribution >= 4 is 43.3 Å². The second kappa shape index (κ2) is 7.45. The van der Waals surface area contributed by atoms with E-state index < -0.39 is 27.5 Å². The molecule has 0 radical (unpaired) electrons. The molecule has 0 aliphatic carbocycles. The van der Waals surface area contributed by atoms with Crippen molar-refractivity contribution in [2.75, 3.05) is 12.9 Å². The molecule has 140 valence electrons. The quantitative estimate of drug-likeness (QED) is 0.619. The van der Waals surface area contributed by atoms with Crippen LogP contribution in [0.15, 0.2) is 58.4 Å². The Kier molecular flexibility index (Phi) is 5.24. The van der Waals surface area contributed by atoms with Crippen molar-refractivity contribution in [3.63, 3.8) is 0 Å². The number of carbonyl (C=O) groups excluding carboxylic acids is 2. The van der Waals surface area contributed by atoms with Crippen molar-refractivity contribution in [2.45, 2.75) is 4.90 Å². The van der Waals surface area contributed by atoms with Crippen LogP contribution in [0.5, 0.6) is 0 Å². The highest BCUT2D eigenvalue weighted by molar-refractivity contribution is 7.92. The first-order valence-corrected chi connectivity index (χ1v) is 10.3. The van der Waals surface area contributed by atoms with E-state index in [1.807, 2.05) is 0 Å². The summed E-state index contributed by atoms with van der Waals surface area (Å²) in [5, 5.41) is 0. The lowest BCUT2D eigenvalue weighted by molar-refractivity contribution is -0.115. The summed E-state index contributed by atoms with van der Waals surface area (Å²) in [6.45, 7) is 0. The van der Waals surface area contributed by atoms with Crippen molar-refractivity contribution in [3.05, 3.63) is 58.9 Å². The number of aromatic nitrogens is 1. The number of fused-ring (bicyclic) bond motifs is 1. The van der Waals surface area contributed by atoms with Crippen LogP contribution in [0.25, 0.3) is 10.2 Å². The lowest BCUT2D eigenvalue weighted by atomic mass is 10.2. The van der Waals surface area contributed by atoms with Gasteiger partial charge in [0, 0.05) is 7.05 Å². The van der Waals surface area contributed by atoms with E-state index in [1.165, 1.54) is 30.6 Å². The molecule has 0 fully saturated rings. The number of ether oxygens (including phenoxy) is 1. The van der Waals surface area contributed by atoms with E-state index >= 15 is 0 Å². The maximum atomic E-state index is 12.3. The molecule has 1 aromatic heterocycles. The molecular formula is C18H16N2O5S2. The Morgan fingerprint density at radius 1 is 1.15 bits per heavy atom. The van der Waals surface area contributed by atoms with E-state index in [0.29, 0.717) is 10.4 Å². The molecule has 0 atom stereocenters. The number of nitrogens with zero attached hydrogens (tertiary/aromatic N) is 2. The van der Waals surface area contributed by atoms with Crippen LogP contribution in [0, 0.1) is 0 Å². The van der Waals surface area contributed by atoms with Gasteiger partial charge in [0.15, 0.2) is 14.6 Å². The van der Waals surface area contributed by atoms with Gasteiger partial charge in [-0.2, -0.15) is 4.99 Å². The summed E-state index contributed by atoms with van der Waals surface area (Å²) >= 11 is 1.19. The van der Waals surface area contributed by atoms with Crippen molar-refractivity contribution < 1.29 is 22.7 Å². The van der Waals surface area contributed by atoms with Crippen LogP contribution in [-0.4, -0.2) is 37.7 Å². The number of esters is 1. The van der Waals surface area contributed by atoms with Gasteiger partial charge in [-0.05, 0) is 30.3 Å². The number of aryl methyl sites for hydroxylation is 1. The number of hydrogen-bond donors (Lipinski definition) is 0. The molecule has 0 unspecified atom stereocenters. The zero-order chi connectivity index (χ0) is 19.6. The summed E-state index contributed by atoms with van der Waals surface area (Å²) < 4.78 is 31.7. The Labute approximate surface area is 159 Å². The number of methoxy groups -OCH3 is 1. The molecule has 0 aliphatic heterocycles. The molecule has 0 spiro atoms. The number of hydrogen-bond acceptors (Lipinski definition) is 6. The third kappa shape index (κ3) is 3.99. The Bertz CT molecular complexity index is 1190. The van der Waals surface area contributed by atoms with E-state index in [2.05, 4.69) is 4.99 Å². The summed E-state index contributed by atoms with van der Waals surface area (Å²) in [7, 11) is -0.737. The van der Waals surface area contributed by atoms with Gasteiger partial charge in [0.05, 0.1) is 27.8 Å². The number of amides is 1. The lowest BCUT2D eigenvalue weighted by Gasteiger charge is -2.01. The molecule has 0 saturated heterocycles. The SMILES string of the molecule is COC(=O)c1ccc2c(c1)sc(=NC(=O)CS(=O)(=O)c1ccccc1)n2C. The van der Waals surface area contributed by atoms with Crippen LogP contribution < -0.4 is 4.80 Å². The van der Waals surface area contributed by atoms with E-state index in [-0.39, 0.29) is 4.90 Å². The third-order valence-electron chi connectivity index (χ3n) is 3.87. The normalized spacial score (nSPS) is 12.3. The van der Waals surface area contributed by atoms with Gasteiger partial charge in [0.25, 0.3) is 5.91 Å². The Morgan fingerprint density at radius 2 is 1.85 bits per heavy atom. The minimum absolute atomic E-state index is 0.0805. The Morgan fingerprint density at radius 3 is 2.52 bits per heavy atom. The Balaban J connectivity index is 1.94. The predicted molar refractivity (Wildman–Crippen MR) is 101 cm³/mol. The highest BCUT2D eigenvalue weighted by Crippen LogP contribution is 2.19. The van der Waals surface area contributed by atoms with Gasteiger partial charge in [-0.1, -0.05) is 29.5 Å². The summed E-state index contributed by atoms with van der Waals surface area (Å²) in [5.74, 6) is -1.93. The van der Waals surface area contributed by atoms with Gasteiger partial charge in [-0.3, -0.25) is 4.79 Å². The number of benzene rings is 2. The van der Waals surface area contributed by atoms with E-state index in [0.717, 1.165) is 10.2 Å². The van der Waals surface area contributed by atoms with Crippen molar-refractivity contribution in [1.82, 2.24) is 4.57 Å². The smallest absolute Gasteiger partial charge is 0.337 e. The molecule has 1 heterocycles. The van der Waals surface area contributed by atoms with Crippen LogP contribution in [0.2, 0.25) is 0 Å². The van der Waals surface area contributed by atoms with Gasteiger partial charge in [-0.15, -0.1) is 0 Å². The standard InChI is InChI=1S/C18H16N2O5S2/c1-20-14-9-8-12(17(22)25-2)10-15(14)26-18(20)19-16(21)11-27(23,24)13-6-4-3-5-7-13/h3-10H,11H2,1-2H3. The second-order valence-electron chi connectivity index (χ2n) is 5.70. The fourth-order valence-corrected chi connectivity index (χ4v) is 4.70. The molecule has 0 aliphatic rings. The fourth-order valence-electron chi connectivity index (χ4n) is 2.50. The van der Waals surface area contributed by atoms with Crippen molar-refractivity contribution in [1.29, 1.82) is 0 Å². The predicted octanol–water partition coefficient (Wildman–Crippen LogP) is 1.93. The molecule has 0 saturated carbocycles. The maximum absolute atomic E-state index is 12.3. The minimum Gasteiger partial charge on any atom is -0.465 e. The van der Waals surface area contributed by atoms with Crippen LogP contribution in [0.3, 0.4) is 0 Å². The monoisotopic (exact) mass is 404 g/mol. The first-order chi connectivity index (χ1) is 12.8. The molecule has 7 nitrogen and oxygen atoms in total. The van der Waals surface area contributed by atoms with E-state index in [4.69, 9.17) is 4.74 Å². The first kappa shape index (κ1) is 19.0. The van der Waals surface area contributed by atoms with Gasteiger partial charge in [0.1, 0.15) is 5.75 Å². The highest BCUT2D eigenvalue weighted by Gasteiger charge is 2.19. The summed E-state index contributed by atoms with van der Waals surface area (Å²) in [6, 6.07) is 12.8. The molecule has 27 heavy (non-hydrogen) atoms. The molecule has 2 aromatic carbocycles. The zero-order valence-corrected chi connectivity index (χ0v) is 16.2. The van der Waals surface area contributed by atoms with Crippen LogP contribution >= 0.6 is 11.3 Å². The number of thiazole rings is 1. The zero-order valence-electron chi connectivity index (χ0n) is 14.6. The topological polar surface area (TPSA) is 94.8 Å². The number of rotatable bonds is 4. The van der Waals surface area contributed by atoms with E-state index in [1.54, 1.807) is 48.0 Å². The Hall–Kier alpha value is -2.78. The van der Waals surface area contributed by atoms with Crippen LogP contribution in [-0.2, 0) is 26.4 Å². The molecule has 0 bridgehead atoms. The molecule has 3 rings (SSSR count). The summed E-state index contributed by atoms with van der Waals surface area (Å²) in [6.07, 6.45) is 0. The molecule has 1 amide bonds. The van der Waals surface area contributed by atoms with E-state index in [9.17, 15) is 18.0 Å². The molecular weight excluding hydrogens is 388 g/mol. The second-order valence-corrected chi connectivity index (χ2v) is 8.69. The van der Waals surface area contributed by atoms with Crippen LogP contribution in [0.4, 0.5) is 0 Å². The van der Waals surface area contributed by atoms with Crippen molar-refractivity contribution in [3.8, 4) is 0 Å². The van der Waals surface area contributed by atoms with Gasteiger partial charge >= 0.3 is 5.97 Å². The first-order valence-electron chi connectivity index (χ1n) is 7.85. The average Bonchev–Trinajstić information content (AvgIpc) is 2.96. The maximum Gasteiger partial charge on any atom is 0.337 e. The average molecular weight is 404 g/mol. The summed E-state index contributed by atoms with van der Waals surface area (Å²) in [4.78, 5) is 28.3. The molecule has 9 heteroatoms.